The number of carbonyl (C=O) groups excluding carboxylic acids is 2. The third kappa shape index (κ3) is 2.56. The molecule has 0 N–H and O–H groups in total. The van der Waals surface area contributed by atoms with Crippen LogP contribution < -0.4 is 9.64 Å². The molecule has 2 aromatic rings. The van der Waals surface area contributed by atoms with Gasteiger partial charge in [0.1, 0.15) is 10.6 Å². The monoisotopic (exact) mass is 301 g/mol. The second kappa shape index (κ2) is 5.69. The molecule has 0 spiro atoms. The van der Waals surface area contributed by atoms with Crippen molar-refractivity contribution in [1.82, 2.24) is 0 Å². The number of ketones is 1. The van der Waals surface area contributed by atoms with E-state index in [0.717, 1.165) is 18.7 Å². The fourth-order valence-electron chi connectivity index (χ4n) is 2.47. The van der Waals surface area contributed by atoms with Gasteiger partial charge in [0.25, 0.3) is 0 Å². The van der Waals surface area contributed by atoms with Crippen molar-refractivity contribution >= 4 is 28.7 Å². The van der Waals surface area contributed by atoms with Crippen molar-refractivity contribution in [2.45, 2.75) is 12.8 Å². The smallest absolute Gasteiger partial charge is 0.227 e. The number of thiophene rings is 1. The average Bonchev–Trinajstić information content (AvgIpc) is 3.15. The Balaban J connectivity index is 1.84. The van der Waals surface area contributed by atoms with Crippen molar-refractivity contribution < 1.29 is 14.3 Å². The standard InChI is InChI=1S/C16H15NO3S/c1-20-13-8-10-21-16(13)15(19)11-4-6-12(7-5-11)17-9-2-3-14(17)18/h4-8,10H,2-3,9H2,1H3. The van der Waals surface area contributed by atoms with Gasteiger partial charge in [0, 0.05) is 24.2 Å². The number of rotatable bonds is 4. The largest absolute Gasteiger partial charge is 0.495 e. The van der Waals surface area contributed by atoms with Crippen LogP contribution in [0.3, 0.4) is 0 Å². The van der Waals surface area contributed by atoms with E-state index >= 15 is 0 Å². The van der Waals surface area contributed by atoms with Gasteiger partial charge in [0.2, 0.25) is 11.7 Å². The molecule has 0 unspecified atom stereocenters. The minimum Gasteiger partial charge on any atom is -0.495 e. The number of amides is 1. The molecule has 1 saturated heterocycles. The van der Waals surface area contributed by atoms with Crippen LogP contribution in [0.1, 0.15) is 28.1 Å². The first kappa shape index (κ1) is 13.8. The number of anilines is 1. The number of hydrogen-bond donors (Lipinski definition) is 0. The predicted octanol–water partition coefficient (Wildman–Crippen LogP) is 3.11. The summed E-state index contributed by atoms with van der Waals surface area (Å²) in [6.07, 6.45) is 1.50. The lowest BCUT2D eigenvalue weighted by atomic mass is 10.1. The van der Waals surface area contributed by atoms with Gasteiger partial charge in [-0.25, -0.2) is 0 Å². The number of nitrogens with zero attached hydrogens (tertiary/aromatic N) is 1. The summed E-state index contributed by atoms with van der Waals surface area (Å²) >= 11 is 1.37. The number of ether oxygens (including phenoxy) is 1. The van der Waals surface area contributed by atoms with Gasteiger partial charge in [-0.2, -0.15) is 0 Å². The molecule has 1 aliphatic heterocycles. The van der Waals surface area contributed by atoms with E-state index in [1.54, 1.807) is 30.2 Å². The van der Waals surface area contributed by atoms with Gasteiger partial charge in [-0.1, -0.05) is 0 Å². The van der Waals surface area contributed by atoms with Gasteiger partial charge in [0.05, 0.1) is 7.11 Å². The van der Waals surface area contributed by atoms with Crippen LogP contribution in [0.15, 0.2) is 35.7 Å². The molecule has 0 aliphatic carbocycles. The lowest BCUT2D eigenvalue weighted by molar-refractivity contribution is -0.117. The summed E-state index contributed by atoms with van der Waals surface area (Å²) in [6, 6.07) is 8.98. The predicted molar refractivity (Wildman–Crippen MR) is 82.3 cm³/mol. The first-order valence-electron chi connectivity index (χ1n) is 6.77. The summed E-state index contributed by atoms with van der Waals surface area (Å²) in [5.41, 5.74) is 1.46. The van der Waals surface area contributed by atoms with E-state index in [9.17, 15) is 9.59 Å². The third-order valence-electron chi connectivity index (χ3n) is 3.57. The van der Waals surface area contributed by atoms with Crippen LogP contribution in [0.4, 0.5) is 5.69 Å². The topological polar surface area (TPSA) is 46.6 Å². The quantitative estimate of drug-likeness (QED) is 0.815. The molecule has 21 heavy (non-hydrogen) atoms. The SMILES string of the molecule is COc1ccsc1C(=O)c1ccc(N2CCCC2=O)cc1. The number of benzene rings is 1. The maximum absolute atomic E-state index is 12.4. The Morgan fingerprint density at radius 3 is 2.62 bits per heavy atom. The van der Waals surface area contributed by atoms with E-state index < -0.39 is 0 Å². The van der Waals surface area contributed by atoms with Crippen molar-refractivity contribution in [1.29, 1.82) is 0 Å². The maximum atomic E-state index is 12.4. The number of hydrogen-bond acceptors (Lipinski definition) is 4. The normalized spacial score (nSPS) is 14.5. The molecule has 5 heteroatoms. The molecule has 1 amide bonds. The highest BCUT2D eigenvalue weighted by Gasteiger charge is 2.22. The van der Waals surface area contributed by atoms with Crippen LogP contribution in [0.2, 0.25) is 0 Å². The molecule has 1 aromatic carbocycles. The zero-order valence-electron chi connectivity index (χ0n) is 11.7. The van der Waals surface area contributed by atoms with Crippen molar-refractivity contribution in [2.75, 3.05) is 18.6 Å². The van der Waals surface area contributed by atoms with Crippen LogP contribution in [0, 0.1) is 0 Å². The highest BCUT2D eigenvalue weighted by Crippen LogP contribution is 2.28. The van der Waals surface area contributed by atoms with Crippen LogP contribution >= 0.6 is 11.3 Å². The lowest BCUT2D eigenvalue weighted by Gasteiger charge is -2.15. The Hall–Kier alpha value is -2.14. The fourth-order valence-corrected chi connectivity index (χ4v) is 3.29. The summed E-state index contributed by atoms with van der Waals surface area (Å²) in [5.74, 6) is 0.693. The van der Waals surface area contributed by atoms with E-state index in [1.165, 1.54) is 11.3 Å². The number of methoxy groups -OCH3 is 1. The summed E-state index contributed by atoms with van der Waals surface area (Å²) in [4.78, 5) is 26.5. The molecule has 3 rings (SSSR count). The summed E-state index contributed by atoms with van der Waals surface area (Å²) < 4.78 is 5.18. The summed E-state index contributed by atoms with van der Waals surface area (Å²) in [7, 11) is 1.56. The Bertz CT molecular complexity index is 675. The van der Waals surface area contributed by atoms with Crippen LogP contribution in [0.25, 0.3) is 0 Å². The second-order valence-electron chi connectivity index (χ2n) is 4.84. The van der Waals surface area contributed by atoms with Gasteiger partial charge in [-0.3, -0.25) is 9.59 Å². The van der Waals surface area contributed by atoms with E-state index in [1.807, 2.05) is 17.5 Å². The first-order chi connectivity index (χ1) is 10.2. The maximum Gasteiger partial charge on any atom is 0.227 e. The van der Waals surface area contributed by atoms with Gasteiger partial charge in [-0.05, 0) is 42.1 Å². The molecule has 1 aliphatic rings. The summed E-state index contributed by atoms with van der Waals surface area (Å²) in [5, 5.41) is 1.84. The minimum atomic E-state index is -0.0545. The van der Waals surface area contributed by atoms with E-state index in [2.05, 4.69) is 0 Å². The first-order valence-corrected chi connectivity index (χ1v) is 7.65. The van der Waals surface area contributed by atoms with E-state index in [-0.39, 0.29) is 11.7 Å². The molecular formula is C16H15NO3S. The van der Waals surface area contributed by atoms with E-state index in [0.29, 0.717) is 22.6 Å². The molecule has 0 saturated carbocycles. The van der Waals surface area contributed by atoms with Gasteiger partial charge < -0.3 is 9.64 Å². The third-order valence-corrected chi connectivity index (χ3v) is 4.46. The van der Waals surface area contributed by atoms with E-state index in [4.69, 9.17) is 4.74 Å². The van der Waals surface area contributed by atoms with Crippen molar-refractivity contribution in [2.24, 2.45) is 0 Å². The Morgan fingerprint density at radius 2 is 2.00 bits per heavy atom. The fraction of sp³-hybridized carbons (Fsp3) is 0.250. The van der Waals surface area contributed by atoms with Gasteiger partial charge in [-0.15, -0.1) is 11.3 Å². The molecule has 1 aromatic heterocycles. The van der Waals surface area contributed by atoms with Crippen molar-refractivity contribution in [3.63, 3.8) is 0 Å². The molecule has 0 radical (unpaired) electrons. The average molecular weight is 301 g/mol. The molecule has 2 heterocycles. The lowest BCUT2D eigenvalue weighted by Crippen LogP contribution is -2.23. The zero-order valence-corrected chi connectivity index (χ0v) is 12.5. The van der Waals surface area contributed by atoms with Crippen LogP contribution in [-0.4, -0.2) is 25.3 Å². The Kier molecular flexibility index (Phi) is 3.75. The number of carbonyl (C=O) groups is 2. The molecule has 4 nitrogen and oxygen atoms in total. The second-order valence-corrected chi connectivity index (χ2v) is 5.76. The molecule has 1 fully saturated rings. The molecule has 108 valence electrons. The van der Waals surface area contributed by atoms with Crippen molar-refractivity contribution in [3.05, 3.63) is 46.2 Å². The van der Waals surface area contributed by atoms with Gasteiger partial charge in [0.15, 0.2) is 0 Å². The molecular weight excluding hydrogens is 286 g/mol. The molecule has 0 bridgehead atoms. The minimum absolute atomic E-state index is 0.0545. The van der Waals surface area contributed by atoms with Crippen LogP contribution in [0.5, 0.6) is 5.75 Å². The van der Waals surface area contributed by atoms with Crippen molar-refractivity contribution in [3.8, 4) is 5.75 Å². The Labute approximate surface area is 127 Å². The summed E-state index contributed by atoms with van der Waals surface area (Å²) in [6.45, 7) is 0.755. The Morgan fingerprint density at radius 1 is 1.24 bits per heavy atom. The van der Waals surface area contributed by atoms with Gasteiger partial charge >= 0.3 is 0 Å². The molecule has 0 atom stereocenters. The highest BCUT2D eigenvalue weighted by atomic mass is 32.1. The zero-order chi connectivity index (χ0) is 14.8. The van der Waals surface area contributed by atoms with Crippen LogP contribution in [-0.2, 0) is 4.79 Å². The highest BCUT2D eigenvalue weighted by molar-refractivity contribution is 7.12.